The van der Waals surface area contributed by atoms with E-state index < -0.39 is 10.0 Å². The summed E-state index contributed by atoms with van der Waals surface area (Å²) in [5, 5.41) is 3.12. The Kier molecular flexibility index (Phi) is 10.4. The van der Waals surface area contributed by atoms with Gasteiger partial charge in [0.1, 0.15) is 0 Å². The molecular formula is C12H28N2O4S. The van der Waals surface area contributed by atoms with Gasteiger partial charge in [0.15, 0.2) is 0 Å². The summed E-state index contributed by atoms with van der Waals surface area (Å²) < 4.78 is 35.8. The van der Waals surface area contributed by atoms with Gasteiger partial charge < -0.3 is 14.8 Å². The van der Waals surface area contributed by atoms with Crippen LogP contribution in [0.1, 0.15) is 20.3 Å². The van der Waals surface area contributed by atoms with Crippen LogP contribution >= 0.6 is 0 Å². The number of methoxy groups -OCH3 is 2. The van der Waals surface area contributed by atoms with Crippen molar-refractivity contribution in [1.29, 1.82) is 0 Å². The van der Waals surface area contributed by atoms with E-state index in [9.17, 15) is 8.42 Å². The van der Waals surface area contributed by atoms with Gasteiger partial charge in [-0.15, -0.1) is 0 Å². The smallest absolute Gasteiger partial charge is 0.215 e. The van der Waals surface area contributed by atoms with E-state index in [-0.39, 0.29) is 11.8 Å². The Morgan fingerprint density at radius 3 is 2.26 bits per heavy atom. The molecule has 0 aromatic heterocycles. The molecule has 0 atom stereocenters. The van der Waals surface area contributed by atoms with E-state index in [2.05, 4.69) is 5.32 Å². The molecule has 0 saturated heterocycles. The maximum atomic E-state index is 12.2. The van der Waals surface area contributed by atoms with Crippen molar-refractivity contribution in [2.45, 2.75) is 26.3 Å². The number of ether oxygens (including phenoxy) is 2. The van der Waals surface area contributed by atoms with Crippen LogP contribution < -0.4 is 5.32 Å². The minimum absolute atomic E-state index is 0.113. The summed E-state index contributed by atoms with van der Waals surface area (Å²) in [5.74, 6) is 0.113. The second kappa shape index (κ2) is 10.6. The predicted octanol–water partition coefficient (Wildman–Crippen LogP) is 0.299. The number of rotatable bonds is 12. The van der Waals surface area contributed by atoms with Gasteiger partial charge in [-0.25, -0.2) is 8.42 Å². The Morgan fingerprint density at radius 2 is 1.74 bits per heavy atom. The van der Waals surface area contributed by atoms with E-state index in [4.69, 9.17) is 9.47 Å². The molecule has 0 heterocycles. The Balaban J connectivity index is 4.34. The van der Waals surface area contributed by atoms with Crippen LogP contribution in [0.15, 0.2) is 0 Å². The van der Waals surface area contributed by atoms with Crippen molar-refractivity contribution in [3.63, 3.8) is 0 Å². The zero-order valence-electron chi connectivity index (χ0n) is 12.5. The van der Waals surface area contributed by atoms with Crippen LogP contribution in [-0.2, 0) is 19.5 Å². The second-order valence-electron chi connectivity index (χ2n) is 4.66. The summed E-state index contributed by atoms with van der Waals surface area (Å²) in [6, 6.07) is 0.288. The van der Waals surface area contributed by atoms with Gasteiger partial charge in [0.25, 0.3) is 0 Å². The lowest BCUT2D eigenvalue weighted by atomic mass is 10.4. The summed E-state index contributed by atoms with van der Waals surface area (Å²) in [7, 11) is -0.0541. The second-order valence-corrected chi connectivity index (χ2v) is 6.75. The predicted molar refractivity (Wildman–Crippen MR) is 76.9 cm³/mol. The quantitative estimate of drug-likeness (QED) is 0.525. The molecule has 19 heavy (non-hydrogen) atoms. The van der Waals surface area contributed by atoms with Crippen LogP contribution in [0.2, 0.25) is 0 Å². The van der Waals surface area contributed by atoms with Gasteiger partial charge in [-0.05, 0) is 6.42 Å². The van der Waals surface area contributed by atoms with Crippen LogP contribution in [0.4, 0.5) is 0 Å². The molecule has 0 rings (SSSR count). The van der Waals surface area contributed by atoms with Gasteiger partial charge in [-0.1, -0.05) is 13.8 Å². The number of nitrogens with one attached hydrogen (secondary N) is 1. The Hall–Kier alpha value is -0.210. The highest BCUT2D eigenvalue weighted by atomic mass is 32.2. The Bertz CT molecular complexity index is 307. The molecule has 0 aliphatic carbocycles. The molecular weight excluding hydrogens is 268 g/mol. The largest absolute Gasteiger partial charge is 0.385 e. The first kappa shape index (κ1) is 18.8. The average Bonchev–Trinajstić information content (AvgIpc) is 2.32. The lowest BCUT2D eigenvalue weighted by molar-refractivity contribution is 0.164. The summed E-state index contributed by atoms with van der Waals surface area (Å²) >= 11 is 0. The van der Waals surface area contributed by atoms with E-state index in [1.165, 1.54) is 4.31 Å². The van der Waals surface area contributed by atoms with Gasteiger partial charge in [0.05, 0.1) is 12.4 Å². The monoisotopic (exact) mass is 296 g/mol. The van der Waals surface area contributed by atoms with Crippen molar-refractivity contribution in [3.05, 3.63) is 0 Å². The third-order valence-corrected chi connectivity index (χ3v) is 4.48. The third kappa shape index (κ3) is 9.34. The fraction of sp³-hybridized carbons (Fsp3) is 1.00. The van der Waals surface area contributed by atoms with E-state index in [1.807, 2.05) is 13.8 Å². The van der Waals surface area contributed by atoms with Crippen LogP contribution in [0, 0.1) is 0 Å². The molecule has 0 amide bonds. The standard InChI is InChI=1S/C12H28N2O4S/c1-12(2)13-6-11-19(15,16)14(8-10-18-4)7-5-9-17-3/h12-13H,5-11H2,1-4H3. The third-order valence-electron chi connectivity index (χ3n) is 2.61. The summed E-state index contributed by atoms with van der Waals surface area (Å²) in [4.78, 5) is 0. The molecule has 0 aromatic carbocycles. The first-order chi connectivity index (χ1) is 8.94. The normalized spacial score (nSPS) is 12.5. The van der Waals surface area contributed by atoms with Gasteiger partial charge in [-0.3, -0.25) is 0 Å². The van der Waals surface area contributed by atoms with Crippen LogP contribution in [-0.4, -0.2) is 71.6 Å². The summed E-state index contributed by atoms with van der Waals surface area (Å²) in [6.45, 7) is 6.29. The van der Waals surface area contributed by atoms with Gasteiger partial charge in [0, 0.05) is 46.5 Å². The van der Waals surface area contributed by atoms with Crippen molar-refractivity contribution >= 4 is 10.0 Å². The zero-order chi connectivity index (χ0) is 14.7. The van der Waals surface area contributed by atoms with Gasteiger partial charge >= 0.3 is 0 Å². The van der Waals surface area contributed by atoms with Gasteiger partial charge in [-0.2, -0.15) is 4.31 Å². The number of sulfonamides is 1. The highest BCUT2D eigenvalue weighted by Crippen LogP contribution is 2.03. The summed E-state index contributed by atoms with van der Waals surface area (Å²) in [5.41, 5.74) is 0. The van der Waals surface area contributed by atoms with Crippen LogP contribution in [0.5, 0.6) is 0 Å². The van der Waals surface area contributed by atoms with E-state index in [1.54, 1.807) is 14.2 Å². The van der Waals surface area contributed by atoms with Crippen molar-refractivity contribution in [1.82, 2.24) is 9.62 Å². The number of hydrogen-bond donors (Lipinski definition) is 1. The van der Waals surface area contributed by atoms with Crippen LogP contribution in [0.25, 0.3) is 0 Å². The van der Waals surface area contributed by atoms with Crippen molar-refractivity contribution < 1.29 is 17.9 Å². The molecule has 0 spiro atoms. The summed E-state index contributed by atoms with van der Waals surface area (Å²) in [6.07, 6.45) is 0.692. The Labute approximate surface area is 117 Å². The maximum Gasteiger partial charge on any atom is 0.215 e. The van der Waals surface area contributed by atoms with Crippen molar-refractivity contribution in [2.24, 2.45) is 0 Å². The maximum absolute atomic E-state index is 12.2. The molecule has 0 radical (unpaired) electrons. The number of nitrogens with zero attached hydrogens (tertiary/aromatic N) is 1. The van der Waals surface area contributed by atoms with Gasteiger partial charge in [0.2, 0.25) is 10.0 Å². The lowest BCUT2D eigenvalue weighted by Crippen LogP contribution is -2.40. The van der Waals surface area contributed by atoms with Crippen LogP contribution in [0.3, 0.4) is 0 Å². The molecule has 0 bridgehead atoms. The Morgan fingerprint density at radius 1 is 1.11 bits per heavy atom. The van der Waals surface area contributed by atoms with E-state index in [0.717, 1.165) is 0 Å². The molecule has 0 aromatic rings. The fourth-order valence-electron chi connectivity index (χ4n) is 1.57. The number of hydrogen-bond acceptors (Lipinski definition) is 5. The first-order valence-corrected chi connectivity index (χ1v) is 8.24. The molecule has 0 unspecified atom stereocenters. The fourth-order valence-corrected chi connectivity index (χ4v) is 2.97. The van der Waals surface area contributed by atoms with Crippen molar-refractivity contribution in [2.75, 3.05) is 52.8 Å². The highest BCUT2D eigenvalue weighted by molar-refractivity contribution is 7.89. The molecule has 0 saturated carbocycles. The zero-order valence-corrected chi connectivity index (χ0v) is 13.3. The SMILES string of the molecule is COCCCN(CCOC)S(=O)(=O)CCNC(C)C. The average molecular weight is 296 g/mol. The molecule has 7 heteroatoms. The topological polar surface area (TPSA) is 67.9 Å². The van der Waals surface area contributed by atoms with Crippen molar-refractivity contribution in [3.8, 4) is 0 Å². The molecule has 116 valence electrons. The van der Waals surface area contributed by atoms with E-state index >= 15 is 0 Å². The lowest BCUT2D eigenvalue weighted by Gasteiger charge is -2.22. The highest BCUT2D eigenvalue weighted by Gasteiger charge is 2.20. The molecule has 1 N–H and O–H groups in total. The molecule has 6 nitrogen and oxygen atoms in total. The van der Waals surface area contributed by atoms with E-state index in [0.29, 0.717) is 39.3 Å². The minimum Gasteiger partial charge on any atom is -0.385 e. The first-order valence-electron chi connectivity index (χ1n) is 6.63. The molecule has 0 fully saturated rings. The minimum atomic E-state index is -3.24. The molecule has 0 aliphatic rings. The molecule has 0 aliphatic heterocycles.